The second kappa shape index (κ2) is 10.4. The van der Waals surface area contributed by atoms with E-state index in [0.29, 0.717) is 30.9 Å². The summed E-state index contributed by atoms with van der Waals surface area (Å²) in [5.74, 6) is 0.536. The van der Waals surface area contributed by atoms with E-state index < -0.39 is 5.60 Å². The fraction of sp³-hybridized carbons (Fsp3) is 0.679. The Bertz CT molecular complexity index is 787. The minimum atomic E-state index is -0.605. The molecule has 1 unspecified atom stereocenters. The lowest BCUT2D eigenvalue weighted by atomic mass is 9.83. The second-order valence-electron chi connectivity index (χ2n) is 10.3. The van der Waals surface area contributed by atoms with E-state index in [2.05, 4.69) is 19.1 Å². The third-order valence-electron chi connectivity index (χ3n) is 8.10. The number of aliphatic hydroxyl groups excluding tert-OH is 1. The Hall–Kier alpha value is -1.81. The van der Waals surface area contributed by atoms with Crippen molar-refractivity contribution in [2.75, 3.05) is 6.61 Å². The van der Waals surface area contributed by atoms with Crippen LogP contribution in [0.3, 0.4) is 0 Å². The summed E-state index contributed by atoms with van der Waals surface area (Å²) in [4.78, 5) is 13.0. The highest BCUT2D eigenvalue weighted by Crippen LogP contribution is 2.46. The molecule has 2 aliphatic carbocycles. The van der Waals surface area contributed by atoms with Gasteiger partial charge >= 0.3 is 5.97 Å². The molecule has 2 saturated carbocycles. The Morgan fingerprint density at radius 1 is 1.03 bits per heavy atom. The van der Waals surface area contributed by atoms with E-state index in [4.69, 9.17) is 9.47 Å². The Labute approximate surface area is 193 Å². The first-order valence-corrected chi connectivity index (χ1v) is 12.9. The summed E-state index contributed by atoms with van der Waals surface area (Å²) in [5.41, 5.74) is 1.06. The van der Waals surface area contributed by atoms with Crippen molar-refractivity contribution in [1.29, 1.82) is 0 Å². The fourth-order valence-corrected chi connectivity index (χ4v) is 6.40. The smallest absolute Gasteiger partial charge is 0.338 e. The average molecular weight is 441 g/mol. The van der Waals surface area contributed by atoms with Crippen LogP contribution >= 0.6 is 0 Å². The molecular weight excluding hydrogens is 400 g/mol. The molecule has 1 heterocycles. The molecule has 2 fully saturated rings. The second-order valence-corrected chi connectivity index (χ2v) is 10.3. The normalized spacial score (nSPS) is 26.0. The third kappa shape index (κ3) is 5.22. The molecule has 1 aliphatic heterocycles. The van der Waals surface area contributed by atoms with Crippen molar-refractivity contribution in [1.82, 2.24) is 0 Å². The minimum Gasteiger partial charge on any atom is -0.512 e. The van der Waals surface area contributed by atoms with Crippen LogP contribution in [-0.2, 0) is 20.7 Å². The first-order valence-electron chi connectivity index (χ1n) is 12.9. The lowest BCUT2D eigenvalue weighted by Crippen LogP contribution is -2.41. The molecule has 0 aromatic heterocycles. The Morgan fingerprint density at radius 2 is 1.75 bits per heavy atom. The summed E-state index contributed by atoms with van der Waals surface area (Å²) < 4.78 is 12.6. The Morgan fingerprint density at radius 3 is 2.41 bits per heavy atom. The highest BCUT2D eigenvalue weighted by atomic mass is 16.6. The molecule has 3 aliphatic rings. The van der Waals surface area contributed by atoms with Gasteiger partial charge in [0.25, 0.3) is 0 Å². The van der Waals surface area contributed by atoms with Gasteiger partial charge in [-0.2, -0.15) is 0 Å². The van der Waals surface area contributed by atoms with Crippen molar-refractivity contribution in [3.05, 3.63) is 47.2 Å². The zero-order chi connectivity index (χ0) is 22.4. The molecule has 0 bridgehead atoms. The highest BCUT2D eigenvalue weighted by Gasteiger charge is 2.44. The number of carbonyl (C=O) groups excluding carboxylic acids is 1. The van der Waals surface area contributed by atoms with Crippen LogP contribution in [-0.4, -0.2) is 28.9 Å². The number of aryl methyl sites for hydroxylation is 1. The summed E-state index contributed by atoms with van der Waals surface area (Å²) in [6.45, 7) is 2.60. The molecule has 4 nitrogen and oxygen atoms in total. The van der Waals surface area contributed by atoms with Gasteiger partial charge in [-0.1, -0.05) is 69.4 Å². The highest BCUT2D eigenvalue weighted by molar-refractivity contribution is 5.90. The van der Waals surface area contributed by atoms with Gasteiger partial charge in [0.1, 0.15) is 11.4 Å². The molecule has 4 heteroatoms. The summed E-state index contributed by atoms with van der Waals surface area (Å²) >= 11 is 0. The quantitative estimate of drug-likeness (QED) is 0.405. The van der Waals surface area contributed by atoms with Gasteiger partial charge in [-0.25, -0.2) is 4.79 Å². The first-order chi connectivity index (χ1) is 15.6. The number of rotatable bonds is 10. The van der Waals surface area contributed by atoms with Crippen molar-refractivity contribution >= 4 is 5.97 Å². The zero-order valence-electron chi connectivity index (χ0n) is 19.7. The fourth-order valence-electron chi connectivity index (χ4n) is 6.40. The SMILES string of the molecule is CCCC1(CCc2ccccc2)CC(O)=C(CCOC2(C3CCCC3)CCCC2)C(=O)O1. The van der Waals surface area contributed by atoms with Crippen LogP contribution in [0.15, 0.2) is 41.7 Å². The number of carbonyl (C=O) groups is 1. The molecule has 32 heavy (non-hydrogen) atoms. The monoisotopic (exact) mass is 440 g/mol. The number of ether oxygens (including phenoxy) is 2. The van der Waals surface area contributed by atoms with Gasteiger partial charge < -0.3 is 14.6 Å². The standard InChI is InChI=1S/C28H40O4/c1-2-16-27(19-14-22-10-4-3-5-11-22)21-25(29)24(26(30)32-27)15-20-31-28(17-8-9-18-28)23-12-6-7-13-23/h3-5,10-11,23,29H,2,6-9,12-21H2,1H3. The van der Waals surface area contributed by atoms with Crippen LogP contribution < -0.4 is 0 Å². The number of hydrogen-bond acceptors (Lipinski definition) is 4. The van der Waals surface area contributed by atoms with Crippen molar-refractivity contribution in [3.63, 3.8) is 0 Å². The molecule has 176 valence electrons. The minimum absolute atomic E-state index is 0.00685. The molecular formula is C28H40O4. The maximum atomic E-state index is 13.0. The van der Waals surface area contributed by atoms with Crippen molar-refractivity contribution < 1.29 is 19.4 Å². The molecule has 4 rings (SSSR count). The molecule has 1 N–H and O–H groups in total. The lowest BCUT2D eigenvalue weighted by molar-refractivity contribution is -0.161. The van der Waals surface area contributed by atoms with Crippen molar-refractivity contribution in [2.24, 2.45) is 5.92 Å². The summed E-state index contributed by atoms with van der Waals surface area (Å²) in [6, 6.07) is 10.3. The van der Waals surface area contributed by atoms with Gasteiger partial charge in [0.05, 0.1) is 17.8 Å². The van der Waals surface area contributed by atoms with E-state index in [-0.39, 0.29) is 17.3 Å². The van der Waals surface area contributed by atoms with E-state index in [1.807, 2.05) is 18.2 Å². The summed E-state index contributed by atoms with van der Waals surface area (Å²) in [5, 5.41) is 10.9. The molecule has 0 amide bonds. The van der Waals surface area contributed by atoms with E-state index in [0.717, 1.165) is 38.5 Å². The Kier molecular flexibility index (Phi) is 7.60. The van der Waals surface area contributed by atoms with Crippen LogP contribution in [0.5, 0.6) is 0 Å². The zero-order valence-corrected chi connectivity index (χ0v) is 19.7. The van der Waals surface area contributed by atoms with Crippen molar-refractivity contribution in [2.45, 2.75) is 108 Å². The maximum absolute atomic E-state index is 13.0. The van der Waals surface area contributed by atoms with Crippen molar-refractivity contribution in [3.8, 4) is 0 Å². The first kappa shape index (κ1) is 23.4. The Balaban J connectivity index is 1.39. The summed E-state index contributed by atoms with van der Waals surface area (Å²) in [6.07, 6.45) is 14.1. The van der Waals surface area contributed by atoms with Crippen LogP contribution in [0.2, 0.25) is 0 Å². The molecule has 0 radical (unpaired) electrons. The van der Waals surface area contributed by atoms with E-state index >= 15 is 0 Å². The van der Waals surface area contributed by atoms with Crippen LogP contribution in [0.4, 0.5) is 0 Å². The number of esters is 1. The van der Waals surface area contributed by atoms with Gasteiger partial charge in [0.15, 0.2) is 0 Å². The van der Waals surface area contributed by atoms with E-state index in [9.17, 15) is 9.90 Å². The van der Waals surface area contributed by atoms with Gasteiger partial charge in [0.2, 0.25) is 0 Å². The van der Waals surface area contributed by atoms with E-state index in [1.54, 1.807) is 0 Å². The number of hydrogen-bond donors (Lipinski definition) is 1. The molecule has 0 saturated heterocycles. The predicted molar refractivity (Wildman–Crippen MR) is 126 cm³/mol. The van der Waals surface area contributed by atoms with Crippen LogP contribution in [0.1, 0.15) is 96.0 Å². The number of aliphatic hydroxyl groups is 1. The lowest BCUT2D eigenvalue weighted by Gasteiger charge is -2.38. The van der Waals surface area contributed by atoms with Crippen LogP contribution in [0.25, 0.3) is 0 Å². The van der Waals surface area contributed by atoms with Gasteiger partial charge in [0, 0.05) is 12.8 Å². The largest absolute Gasteiger partial charge is 0.512 e. The number of cyclic esters (lactones) is 1. The average Bonchev–Trinajstić information content (AvgIpc) is 3.48. The molecule has 1 atom stereocenters. The van der Waals surface area contributed by atoms with Gasteiger partial charge in [-0.05, 0) is 56.4 Å². The molecule has 1 aromatic carbocycles. The van der Waals surface area contributed by atoms with E-state index in [1.165, 1.54) is 44.1 Å². The predicted octanol–water partition coefficient (Wildman–Crippen LogP) is 6.83. The third-order valence-corrected chi connectivity index (χ3v) is 8.10. The summed E-state index contributed by atoms with van der Waals surface area (Å²) in [7, 11) is 0. The molecule has 1 aromatic rings. The number of benzene rings is 1. The maximum Gasteiger partial charge on any atom is 0.338 e. The topological polar surface area (TPSA) is 55.8 Å². The van der Waals surface area contributed by atoms with Gasteiger partial charge in [-0.3, -0.25) is 0 Å². The molecule has 0 spiro atoms. The van der Waals surface area contributed by atoms with Crippen LogP contribution in [0, 0.1) is 5.92 Å². The van der Waals surface area contributed by atoms with Gasteiger partial charge in [-0.15, -0.1) is 0 Å².